The number of nitrogens with zero attached hydrogens (tertiary/aromatic N) is 2. The van der Waals surface area contributed by atoms with Crippen LogP contribution in [0.3, 0.4) is 0 Å². The highest BCUT2D eigenvalue weighted by Gasteiger charge is 2.31. The van der Waals surface area contributed by atoms with Crippen LogP contribution in [0.5, 0.6) is 0 Å². The molecule has 4 nitrogen and oxygen atoms in total. The topological polar surface area (TPSA) is 56.1 Å². The average molecular weight is 243 g/mol. The van der Waals surface area contributed by atoms with E-state index in [-0.39, 0.29) is 11.9 Å². The molecule has 1 unspecified atom stereocenters. The van der Waals surface area contributed by atoms with E-state index in [4.69, 9.17) is 0 Å². The third-order valence-electron chi connectivity index (χ3n) is 3.38. The molecule has 1 heterocycles. The maximum absolute atomic E-state index is 11.8. The summed E-state index contributed by atoms with van der Waals surface area (Å²) in [6.07, 6.45) is 1.83. The summed E-state index contributed by atoms with van der Waals surface area (Å²) in [4.78, 5) is 13.9. The number of nitriles is 1. The zero-order valence-electron chi connectivity index (χ0n) is 10.7. The van der Waals surface area contributed by atoms with Gasteiger partial charge in [-0.15, -0.1) is 0 Å². The molecule has 0 aliphatic carbocycles. The van der Waals surface area contributed by atoms with Gasteiger partial charge in [0.15, 0.2) is 0 Å². The fourth-order valence-electron chi connectivity index (χ4n) is 2.48. The molecule has 0 saturated carbocycles. The molecule has 0 bridgehead atoms. The van der Waals surface area contributed by atoms with Crippen molar-refractivity contribution >= 4 is 11.6 Å². The van der Waals surface area contributed by atoms with Gasteiger partial charge in [0.05, 0.1) is 11.3 Å². The SMILES string of the molecule is CNC(=O)C1CCCN1c1ccc(C)cc1C#N. The Kier molecular flexibility index (Phi) is 3.52. The summed E-state index contributed by atoms with van der Waals surface area (Å²) in [5, 5.41) is 11.9. The average Bonchev–Trinajstić information content (AvgIpc) is 2.86. The summed E-state index contributed by atoms with van der Waals surface area (Å²) in [6.45, 7) is 2.79. The first-order valence-corrected chi connectivity index (χ1v) is 6.16. The molecule has 18 heavy (non-hydrogen) atoms. The summed E-state index contributed by atoms with van der Waals surface area (Å²) < 4.78 is 0. The van der Waals surface area contributed by atoms with Crippen molar-refractivity contribution in [2.45, 2.75) is 25.8 Å². The Morgan fingerprint density at radius 3 is 3.00 bits per heavy atom. The van der Waals surface area contributed by atoms with E-state index in [0.717, 1.165) is 30.6 Å². The molecule has 1 N–H and O–H groups in total. The lowest BCUT2D eigenvalue weighted by Crippen LogP contribution is -2.42. The maximum Gasteiger partial charge on any atom is 0.242 e. The number of carbonyl (C=O) groups is 1. The molecule has 1 aromatic rings. The number of hydrogen-bond acceptors (Lipinski definition) is 3. The van der Waals surface area contributed by atoms with Crippen molar-refractivity contribution in [3.63, 3.8) is 0 Å². The van der Waals surface area contributed by atoms with Crippen LogP contribution >= 0.6 is 0 Å². The van der Waals surface area contributed by atoms with Crippen LogP contribution in [0, 0.1) is 18.3 Å². The normalized spacial score (nSPS) is 18.5. The van der Waals surface area contributed by atoms with Crippen molar-refractivity contribution in [2.24, 2.45) is 0 Å². The Hall–Kier alpha value is -2.02. The number of hydrogen-bond donors (Lipinski definition) is 1. The molecule has 0 spiro atoms. The Morgan fingerprint density at radius 2 is 2.33 bits per heavy atom. The van der Waals surface area contributed by atoms with Gasteiger partial charge >= 0.3 is 0 Å². The molecular weight excluding hydrogens is 226 g/mol. The van der Waals surface area contributed by atoms with E-state index in [2.05, 4.69) is 11.4 Å². The first-order valence-electron chi connectivity index (χ1n) is 6.16. The first kappa shape index (κ1) is 12.4. The molecule has 0 radical (unpaired) electrons. The number of benzene rings is 1. The van der Waals surface area contributed by atoms with Crippen LogP contribution < -0.4 is 10.2 Å². The van der Waals surface area contributed by atoms with E-state index in [0.29, 0.717) is 5.56 Å². The van der Waals surface area contributed by atoms with E-state index in [9.17, 15) is 10.1 Å². The fourth-order valence-corrected chi connectivity index (χ4v) is 2.48. The van der Waals surface area contributed by atoms with Crippen LogP contribution in [0.25, 0.3) is 0 Å². The third kappa shape index (κ3) is 2.17. The molecule has 2 rings (SSSR count). The molecular formula is C14H17N3O. The molecule has 1 aliphatic rings. The zero-order chi connectivity index (χ0) is 13.1. The number of nitrogens with one attached hydrogen (secondary N) is 1. The van der Waals surface area contributed by atoms with Crippen LogP contribution in [0.1, 0.15) is 24.0 Å². The predicted molar refractivity (Wildman–Crippen MR) is 70.3 cm³/mol. The smallest absolute Gasteiger partial charge is 0.242 e. The number of anilines is 1. The summed E-state index contributed by atoms with van der Waals surface area (Å²) in [5.41, 5.74) is 2.57. The molecule has 94 valence electrons. The van der Waals surface area contributed by atoms with Gasteiger partial charge in [0.1, 0.15) is 12.1 Å². The van der Waals surface area contributed by atoms with Gasteiger partial charge in [-0.1, -0.05) is 6.07 Å². The zero-order valence-corrected chi connectivity index (χ0v) is 10.7. The molecule has 1 aromatic carbocycles. The predicted octanol–water partition coefficient (Wildman–Crippen LogP) is 1.58. The van der Waals surface area contributed by atoms with Gasteiger partial charge in [-0.2, -0.15) is 5.26 Å². The largest absolute Gasteiger partial charge is 0.358 e. The van der Waals surface area contributed by atoms with Crippen molar-refractivity contribution in [1.82, 2.24) is 5.32 Å². The van der Waals surface area contributed by atoms with E-state index >= 15 is 0 Å². The van der Waals surface area contributed by atoms with E-state index in [1.807, 2.05) is 30.0 Å². The summed E-state index contributed by atoms with van der Waals surface area (Å²) in [5.74, 6) is 0.0250. The van der Waals surface area contributed by atoms with Crippen molar-refractivity contribution in [3.05, 3.63) is 29.3 Å². The van der Waals surface area contributed by atoms with E-state index < -0.39 is 0 Å². The van der Waals surface area contributed by atoms with Crippen LogP contribution in [0.15, 0.2) is 18.2 Å². The van der Waals surface area contributed by atoms with Gasteiger partial charge in [-0.3, -0.25) is 4.79 Å². The lowest BCUT2D eigenvalue weighted by atomic mass is 10.1. The van der Waals surface area contributed by atoms with Gasteiger partial charge in [0, 0.05) is 13.6 Å². The highest BCUT2D eigenvalue weighted by Crippen LogP contribution is 2.29. The highest BCUT2D eigenvalue weighted by molar-refractivity contribution is 5.86. The van der Waals surface area contributed by atoms with Gasteiger partial charge in [-0.05, 0) is 37.5 Å². The van der Waals surface area contributed by atoms with Gasteiger partial charge in [-0.25, -0.2) is 0 Å². The van der Waals surface area contributed by atoms with E-state index in [1.165, 1.54) is 0 Å². The van der Waals surface area contributed by atoms with Crippen molar-refractivity contribution < 1.29 is 4.79 Å². The summed E-state index contributed by atoms with van der Waals surface area (Å²) in [6, 6.07) is 7.86. The minimum atomic E-state index is -0.148. The standard InChI is InChI=1S/C14H17N3O/c1-10-5-6-12(11(8-10)9-15)17-7-3-4-13(17)14(18)16-2/h5-6,8,13H,3-4,7H2,1-2H3,(H,16,18). The number of amides is 1. The molecule has 1 aliphatic heterocycles. The monoisotopic (exact) mass is 243 g/mol. The van der Waals surface area contributed by atoms with Crippen molar-refractivity contribution in [2.75, 3.05) is 18.5 Å². The van der Waals surface area contributed by atoms with Crippen LogP contribution in [0.4, 0.5) is 5.69 Å². The Balaban J connectivity index is 2.36. The van der Waals surface area contributed by atoms with Gasteiger partial charge < -0.3 is 10.2 Å². The molecule has 4 heteroatoms. The molecule has 1 atom stereocenters. The van der Waals surface area contributed by atoms with Crippen molar-refractivity contribution in [1.29, 1.82) is 5.26 Å². The van der Waals surface area contributed by atoms with Crippen molar-refractivity contribution in [3.8, 4) is 6.07 Å². The van der Waals surface area contributed by atoms with E-state index in [1.54, 1.807) is 7.05 Å². The minimum Gasteiger partial charge on any atom is -0.358 e. The van der Waals surface area contributed by atoms with Gasteiger partial charge in [0.2, 0.25) is 5.91 Å². The summed E-state index contributed by atoms with van der Waals surface area (Å²) in [7, 11) is 1.65. The lowest BCUT2D eigenvalue weighted by Gasteiger charge is -2.26. The second kappa shape index (κ2) is 5.09. The van der Waals surface area contributed by atoms with Crippen LogP contribution in [0.2, 0.25) is 0 Å². The molecule has 0 aromatic heterocycles. The molecule has 1 fully saturated rings. The van der Waals surface area contributed by atoms with Gasteiger partial charge in [0.25, 0.3) is 0 Å². The minimum absolute atomic E-state index is 0.0250. The second-order valence-electron chi connectivity index (χ2n) is 4.60. The molecule has 1 amide bonds. The van der Waals surface area contributed by atoms with Crippen LogP contribution in [-0.4, -0.2) is 25.5 Å². The molecule has 1 saturated heterocycles. The quantitative estimate of drug-likeness (QED) is 0.858. The fraction of sp³-hybridized carbons (Fsp3) is 0.429. The Labute approximate surface area is 107 Å². The number of likely N-dealkylation sites (N-methyl/N-ethyl adjacent to an activating group) is 1. The number of carbonyl (C=O) groups excluding carboxylic acids is 1. The third-order valence-corrected chi connectivity index (χ3v) is 3.38. The number of aryl methyl sites for hydroxylation is 1. The first-order chi connectivity index (χ1) is 8.67. The Bertz CT molecular complexity index is 504. The highest BCUT2D eigenvalue weighted by atomic mass is 16.2. The number of rotatable bonds is 2. The second-order valence-corrected chi connectivity index (χ2v) is 4.60. The van der Waals surface area contributed by atoms with Crippen LogP contribution in [-0.2, 0) is 4.79 Å². The summed E-state index contributed by atoms with van der Waals surface area (Å²) >= 11 is 0. The maximum atomic E-state index is 11.8. The Morgan fingerprint density at radius 1 is 1.56 bits per heavy atom. The lowest BCUT2D eigenvalue weighted by molar-refractivity contribution is -0.121.